The SMILES string of the molecule is CN=C(NCc1ccccc1C)N1CC2OCCN(Cc3ccccc3)C2C1.I. The van der Waals surface area contributed by atoms with E-state index in [1.165, 1.54) is 16.7 Å². The lowest BCUT2D eigenvalue weighted by Crippen LogP contribution is -2.50. The van der Waals surface area contributed by atoms with Gasteiger partial charge in [0.1, 0.15) is 0 Å². The van der Waals surface area contributed by atoms with Crippen LogP contribution < -0.4 is 5.32 Å². The van der Waals surface area contributed by atoms with Crippen molar-refractivity contribution >= 4 is 29.9 Å². The molecule has 4 rings (SSSR count). The van der Waals surface area contributed by atoms with Crippen molar-refractivity contribution in [2.45, 2.75) is 32.2 Å². The third-order valence-electron chi connectivity index (χ3n) is 5.85. The molecule has 0 aliphatic carbocycles. The van der Waals surface area contributed by atoms with Crippen LogP contribution in [0.3, 0.4) is 0 Å². The van der Waals surface area contributed by atoms with E-state index < -0.39 is 0 Å². The molecule has 0 saturated carbocycles. The summed E-state index contributed by atoms with van der Waals surface area (Å²) in [6.07, 6.45) is 0.245. The number of fused-ring (bicyclic) bond motifs is 1. The van der Waals surface area contributed by atoms with Crippen molar-refractivity contribution in [3.63, 3.8) is 0 Å². The molecule has 1 N–H and O–H groups in total. The number of guanidine groups is 1. The first-order chi connectivity index (χ1) is 13.7. The van der Waals surface area contributed by atoms with Crippen molar-refractivity contribution in [2.75, 3.05) is 33.3 Å². The van der Waals surface area contributed by atoms with Crippen LogP contribution in [-0.4, -0.2) is 61.2 Å². The number of nitrogens with one attached hydrogen (secondary N) is 1. The Kier molecular flexibility index (Phi) is 7.91. The third kappa shape index (κ3) is 5.29. The normalized spacial score (nSPS) is 22.1. The van der Waals surface area contributed by atoms with Crippen molar-refractivity contribution in [1.29, 1.82) is 0 Å². The van der Waals surface area contributed by atoms with E-state index in [9.17, 15) is 0 Å². The lowest BCUT2D eigenvalue weighted by Gasteiger charge is -2.36. The van der Waals surface area contributed by atoms with Gasteiger partial charge >= 0.3 is 0 Å². The highest BCUT2D eigenvalue weighted by molar-refractivity contribution is 14.0. The highest BCUT2D eigenvalue weighted by Crippen LogP contribution is 2.24. The van der Waals surface area contributed by atoms with E-state index in [0.29, 0.717) is 6.04 Å². The van der Waals surface area contributed by atoms with E-state index in [0.717, 1.165) is 45.3 Å². The number of hydrogen-bond acceptors (Lipinski definition) is 3. The molecule has 0 amide bonds. The van der Waals surface area contributed by atoms with Crippen molar-refractivity contribution in [1.82, 2.24) is 15.1 Å². The smallest absolute Gasteiger partial charge is 0.194 e. The zero-order valence-electron chi connectivity index (χ0n) is 17.3. The number of aryl methyl sites for hydroxylation is 1. The average molecular weight is 506 g/mol. The van der Waals surface area contributed by atoms with Gasteiger partial charge in [-0.1, -0.05) is 54.6 Å². The summed E-state index contributed by atoms with van der Waals surface area (Å²) in [6.45, 7) is 7.55. The summed E-state index contributed by atoms with van der Waals surface area (Å²) < 4.78 is 6.11. The van der Waals surface area contributed by atoms with Crippen molar-refractivity contribution in [3.8, 4) is 0 Å². The van der Waals surface area contributed by atoms with Crippen LogP contribution in [0, 0.1) is 6.92 Å². The summed E-state index contributed by atoms with van der Waals surface area (Å²) in [5, 5.41) is 3.54. The zero-order chi connectivity index (χ0) is 19.3. The molecule has 0 bridgehead atoms. The van der Waals surface area contributed by atoms with Crippen LogP contribution in [0.4, 0.5) is 0 Å². The molecule has 6 heteroatoms. The van der Waals surface area contributed by atoms with Crippen LogP contribution in [0.1, 0.15) is 16.7 Å². The lowest BCUT2D eigenvalue weighted by atomic mass is 10.1. The number of ether oxygens (including phenoxy) is 1. The average Bonchev–Trinajstić information content (AvgIpc) is 3.16. The fraction of sp³-hybridized carbons (Fsp3) is 0.435. The number of benzene rings is 2. The molecule has 2 fully saturated rings. The second-order valence-corrected chi connectivity index (χ2v) is 7.66. The molecule has 29 heavy (non-hydrogen) atoms. The Hall–Kier alpha value is -1.64. The third-order valence-corrected chi connectivity index (χ3v) is 5.85. The molecular weight excluding hydrogens is 475 g/mol. The number of rotatable bonds is 4. The minimum atomic E-state index is 0. The molecule has 2 heterocycles. The van der Waals surface area contributed by atoms with Gasteiger partial charge in [0, 0.05) is 39.8 Å². The molecule has 2 aliphatic rings. The quantitative estimate of drug-likeness (QED) is 0.393. The second-order valence-electron chi connectivity index (χ2n) is 7.66. The van der Waals surface area contributed by atoms with Crippen LogP contribution >= 0.6 is 24.0 Å². The van der Waals surface area contributed by atoms with Crippen molar-refractivity contribution in [2.24, 2.45) is 4.99 Å². The molecule has 2 aromatic carbocycles. The van der Waals surface area contributed by atoms with E-state index in [4.69, 9.17) is 4.74 Å². The maximum atomic E-state index is 6.11. The minimum absolute atomic E-state index is 0. The van der Waals surface area contributed by atoms with Gasteiger partial charge in [-0.3, -0.25) is 9.89 Å². The standard InChI is InChI=1S/C23H30N4O.HI/c1-18-8-6-7-11-20(18)14-25-23(24-2)27-16-21-22(17-27)28-13-12-26(21)15-19-9-4-3-5-10-19;/h3-11,21-22H,12-17H2,1-2H3,(H,24,25);1H. The summed E-state index contributed by atoms with van der Waals surface area (Å²) in [7, 11) is 1.87. The van der Waals surface area contributed by atoms with Gasteiger partial charge in [0.05, 0.1) is 18.8 Å². The Bertz CT molecular complexity index is 814. The molecular formula is C23H31IN4O. The maximum Gasteiger partial charge on any atom is 0.194 e. The largest absolute Gasteiger partial charge is 0.373 e. The molecule has 0 spiro atoms. The number of likely N-dealkylation sites (tertiary alicyclic amines) is 1. The molecule has 2 saturated heterocycles. The summed E-state index contributed by atoms with van der Waals surface area (Å²) in [6, 6.07) is 19.6. The summed E-state index contributed by atoms with van der Waals surface area (Å²) in [5.41, 5.74) is 3.98. The Morgan fingerprint density at radius 1 is 1.10 bits per heavy atom. The lowest BCUT2D eigenvalue weighted by molar-refractivity contribution is -0.0502. The van der Waals surface area contributed by atoms with Gasteiger partial charge in [-0.2, -0.15) is 0 Å². The Morgan fingerprint density at radius 2 is 1.86 bits per heavy atom. The number of nitrogens with zero attached hydrogens (tertiary/aromatic N) is 3. The van der Waals surface area contributed by atoms with Crippen LogP contribution in [0.25, 0.3) is 0 Å². The Balaban J connectivity index is 0.00000240. The first-order valence-electron chi connectivity index (χ1n) is 10.1. The van der Waals surface area contributed by atoms with Gasteiger partial charge in [-0.05, 0) is 23.6 Å². The molecule has 2 aliphatic heterocycles. The number of halogens is 1. The molecule has 5 nitrogen and oxygen atoms in total. The predicted molar refractivity (Wildman–Crippen MR) is 129 cm³/mol. The van der Waals surface area contributed by atoms with E-state index in [1.54, 1.807) is 0 Å². The second kappa shape index (κ2) is 10.4. The highest BCUT2D eigenvalue weighted by atomic mass is 127. The Labute approximate surface area is 191 Å². The molecule has 0 radical (unpaired) electrons. The minimum Gasteiger partial charge on any atom is -0.373 e. The van der Waals surface area contributed by atoms with Gasteiger partial charge in [0.2, 0.25) is 0 Å². The van der Waals surface area contributed by atoms with Gasteiger partial charge in [-0.15, -0.1) is 24.0 Å². The summed E-state index contributed by atoms with van der Waals surface area (Å²) in [4.78, 5) is 9.45. The zero-order valence-corrected chi connectivity index (χ0v) is 19.6. The van der Waals surface area contributed by atoms with E-state index in [1.807, 2.05) is 7.05 Å². The van der Waals surface area contributed by atoms with Crippen LogP contribution in [0.15, 0.2) is 59.6 Å². The Morgan fingerprint density at radius 3 is 2.62 bits per heavy atom. The molecule has 2 atom stereocenters. The van der Waals surface area contributed by atoms with Crippen molar-refractivity contribution in [3.05, 3.63) is 71.3 Å². The van der Waals surface area contributed by atoms with E-state index >= 15 is 0 Å². The highest BCUT2D eigenvalue weighted by Gasteiger charge is 2.41. The van der Waals surface area contributed by atoms with Gasteiger partial charge in [-0.25, -0.2) is 0 Å². The molecule has 2 unspecified atom stereocenters. The van der Waals surface area contributed by atoms with Gasteiger partial charge in [0.15, 0.2) is 5.96 Å². The fourth-order valence-electron chi connectivity index (χ4n) is 4.26. The number of hydrogen-bond donors (Lipinski definition) is 1. The maximum absolute atomic E-state index is 6.11. The predicted octanol–water partition coefficient (Wildman–Crippen LogP) is 3.27. The summed E-state index contributed by atoms with van der Waals surface area (Å²) >= 11 is 0. The molecule has 0 aromatic heterocycles. The van der Waals surface area contributed by atoms with E-state index in [2.05, 4.69) is 81.6 Å². The van der Waals surface area contributed by atoms with E-state index in [-0.39, 0.29) is 30.1 Å². The number of aliphatic imine (C=N–C) groups is 1. The van der Waals surface area contributed by atoms with Crippen LogP contribution in [-0.2, 0) is 17.8 Å². The fourth-order valence-corrected chi connectivity index (χ4v) is 4.26. The molecule has 156 valence electrons. The first kappa shape index (κ1) is 22.1. The van der Waals surface area contributed by atoms with Gasteiger partial charge < -0.3 is 15.0 Å². The number of morpholine rings is 1. The van der Waals surface area contributed by atoms with Crippen molar-refractivity contribution < 1.29 is 4.74 Å². The van der Waals surface area contributed by atoms with Crippen LogP contribution in [0.5, 0.6) is 0 Å². The first-order valence-corrected chi connectivity index (χ1v) is 10.1. The molecule has 2 aromatic rings. The van der Waals surface area contributed by atoms with Gasteiger partial charge in [0.25, 0.3) is 0 Å². The summed E-state index contributed by atoms with van der Waals surface area (Å²) in [5.74, 6) is 0.959. The topological polar surface area (TPSA) is 40.1 Å². The monoisotopic (exact) mass is 506 g/mol. The van der Waals surface area contributed by atoms with Crippen LogP contribution in [0.2, 0.25) is 0 Å².